The lowest BCUT2D eigenvalue weighted by atomic mass is 9.75. The van der Waals surface area contributed by atoms with Crippen LogP contribution in [0.1, 0.15) is 25.3 Å². The molecule has 0 bridgehead atoms. The molecule has 2 N–H and O–H groups in total. The molecule has 1 aromatic carbocycles. The summed E-state index contributed by atoms with van der Waals surface area (Å²) in [6.07, 6.45) is 0. The highest BCUT2D eigenvalue weighted by molar-refractivity contribution is 6.31. The first-order valence-corrected chi connectivity index (χ1v) is 9.39. The molecule has 28 heavy (non-hydrogen) atoms. The summed E-state index contributed by atoms with van der Waals surface area (Å²) in [7, 11) is 1.28. The van der Waals surface area contributed by atoms with Crippen molar-refractivity contribution in [2.75, 3.05) is 33.5 Å². The molecule has 1 aliphatic heterocycles. The lowest BCUT2D eigenvalue weighted by Gasteiger charge is -2.32. The van der Waals surface area contributed by atoms with Crippen LogP contribution in [0.5, 0.6) is 0 Å². The second kappa shape index (κ2) is 10.4. The largest absolute Gasteiger partial charge is 0.466 e. The molecule has 1 aliphatic rings. The van der Waals surface area contributed by atoms with E-state index in [2.05, 4.69) is 4.99 Å². The van der Waals surface area contributed by atoms with Gasteiger partial charge in [0.1, 0.15) is 5.92 Å². The average molecular weight is 409 g/mol. The van der Waals surface area contributed by atoms with E-state index in [0.29, 0.717) is 35.1 Å². The number of aliphatic imine (C=N–C) groups is 1. The molecule has 2 rings (SSSR count). The Morgan fingerprint density at radius 1 is 1.29 bits per heavy atom. The molecule has 1 aromatic rings. The number of methoxy groups -OCH3 is 1. The number of carbonyl (C=O) groups excluding carboxylic acids is 2. The lowest BCUT2D eigenvalue weighted by molar-refractivity contribution is -0.146. The van der Waals surface area contributed by atoms with E-state index >= 15 is 0 Å². The van der Waals surface area contributed by atoms with Gasteiger partial charge in [0, 0.05) is 23.2 Å². The summed E-state index contributed by atoms with van der Waals surface area (Å²) in [6.45, 7) is 4.37. The Labute approximate surface area is 169 Å². The first kappa shape index (κ1) is 22.1. The molecule has 0 saturated carbocycles. The highest BCUT2D eigenvalue weighted by Crippen LogP contribution is 2.42. The summed E-state index contributed by atoms with van der Waals surface area (Å²) >= 11 is 6.43. The Hall–Kier alpha value is -2.22. The number of halogens is 1. The molecule has 0 amide bonds. The molecule has 7 nitrogen and oxygen atoms in total. The Morgan fingerprint density at radius 2 is 2.00 bits per heavy atom. The minimum absolute atomic E-state index is 0.0650. The van der Waals surface area contributed by atoms with Crippen molar-refractivity contribution < 1.29 is 23.8 Å². The first-order chi connectivity index (χ1) is 13.5. The Balaban J connectivity index is 2.66. The van der Waals surface area contributed by atoms with Gasteiger partial charge in [-0.1, -0.05) is 29.8 Å². The van der Waals surface area contributed by atoms with Crippen molar-refractivity contribution >= 4 is 29.3 Å². The topological polar surface area (TPSA) is 100 Å². The van der Waals surface area contributed by atoms with Gasteiger partial charge in [-0.3, -0.25) is 9.79 Å². The first-order valence-electron chi connectivity index (χ1n) is 9.01. The monoisotopic (exact) mass is 408 g/mol. The van der Waals surface area contributed by atoms with Gasteiger partial charge in [0.2, 0.25) is 0 Å². The van der Waals surface area contributed by atoms with E-state index in [-0.39, 0.29) is 18.8 Å². The molecule has 152 valence electrons. The van der Waals surface area contributed by atoms with Crippen molar-refractivity contribution in [2.45, 2.75) is 19.8 Å². The smallest absolute Gasteiger partial charge is 0.336 e. The zero-order valence-corrected chi connectivity index (χ0v) is 17.0. The highest BCUT2D eigenvalue weighted by atomic mass is 35.5. The summed E-state index contributed by atoms with van der Waals surface area (Å²) in [5.74, 6) is -2.57. The lowest BCUT2D eigenvalue weighted by Crippen LogP contribution is -2.37. The third kappa shape index (κ3) is 4.79. The van der Waals surface area contributed by atoms with Gasteiger partial charge in [-0.05, 0) is 25.5 Å². The van der Waals surface area contributed by atoms with E-state index in [4.69, 9.17) is 31.5 Å². The van der Waals surface area contributed by atoms with E-state index in [1.165, 1.54) is 7.11 Å². The third-order valence-corrected chi connectivity index (χ3v) is 4.75. The maximum atomic E-state index is 12.8. The second-order valence-corrected chi connectivity index (χ2v) is 6.58. The van der Waals surface area contributed by atoms with Gasteiger partial charge in [0.15, 0.2) is 0 Å². The van der Waals surface area contributed by atoms with Gasteiger partial charge >= 0.3 is 11.9 Å². The second-order valence-electron chi connectivity index (χ2n) is 6.18. The Bertz CT molecular complexity index is 791. The van der Waals surface area contributed by atoms with E-state index in [1.54, 1.807) is 38.1 Å². The fourth-order valence-electron chi connectivity index (χ4n) is 3.25. The molecule has 0 aromatic heterocycles. The normalized spacial score (nSPS) is 19.2. The van der Waals surface area contributed by atoms with Gasteiger partial charge in [0.25, 0.3) is 0 Å². The number of benzene rings is 1. The van der Waals surface area contributed by atoms with Crippen LogP contribution in [-0.2, 0) is 23.8 Å². The quantitative estimate of drug-likeness (QED) is 0.524. The maximum Gasteiger partial charge on any atom is 0.336 e. The van der Waals surface area contributed by atoms with Crippen LogP contribution in [0.25, 0.3) is 0 Å². The molecular formula is C20H25ClN2O5. The molecule has 0 spiro atoms. The molecule has 0 radical (unpaired) electrons. The van der Waals surface area contributed by atoms with Crippen molar-refractivity contribution in [3.63, 3.8) is 0 Å². The van der Waals surface area contributed by atoms with E-state index in [9.17, 15) is 9.59 Å². The van der Waals surface area contributed by atoms with Crippen LogP contribution in [0.4, 0.5) is 0 Å². The molecule has 0 aliphatic carbocycles. The fraction of sp³-hybridized carbons (Fsp3) is 0.450. The predicted molar refractivity (Wildman–Crippen MR) is 106 cm³/mol. The summed E-state index contributed by atoms with van der Waals surface area (Å²) in [6, 6.07) is 7.06. The molecule has 2 unspecified atom stereocenters. The van der Waals surface area contributed by atoms with Crippen molar-refractivity contribution in [1.82, 2.24) is 0 Å². The SMILES string of the molecule is CCOC(=O)C1C(C)=NC(COCCN)=C(C(=O)OC)C1c1ccccc1Cl. The number of nitrogens with two attached hydrogens (primary N) is 1. The fourth-order valence-corrected chi connectivity index (χ4v) is 3.50. The standard InChI is InChI=1S/C20H25ClN2O5/c1-4-28-20(25)16-12(2)23-15(11-27-10-9-22)18(19(24)26-3)17(16)13-7-5-6-8-14(13)21/h5-8,16-17H,4,9-11,22H2,1-3H3. The summed E-state index contributed by atoms with van der Waals surface area (Å²) in [5.41, 5.74) is 7.24. The van der Waals surface area contributed by atoms with E-state index in [0.717, 1.165) is 0 Å². The van der Waals surface area contributed by atoms with Crippen molar-refractivity contribution in [1.29, 1.82) is 0 Å². The van der Waals surface area contributed by atoms with Crippen LogP contribution in [0, 0.1) is 5.92 Å². The number of ether oxygens (including phenoxy) is 3. The van der Waals surface area contributed by atoms with Crippen molar-refractivity contribution in [3.05, 3.63) is 46.1 Å². The highest BCUT2D eigenvalue weighted by Gasteiger charge is 2.43. The summed E-state index contributed by atoms with van der Waals surface area (Å²) in [4.78, 5) is 30.0. The molecule has 0 fully saturated rings. The molecule has 0 saturated heterocycles. The maximum absolute atomic E-state index is 12.8. The van der Waals surface area contributed by atoms with Gasteiger partial charge < -0.3 is 19.9 Å². The van der Waals surface area contributed by atoms with Gasteiger partial charge in [0.05, 0.1) is 38.2 Å². The predicted octanol–water partition coefficient (Wildman–Crippen LogP) is 2.48. The Morgan fingerprint density at radius 3 is 2.61 bits per heavy atom. The summed E-state index contributed by atoms with van der Waals surface area (Å²) in [5, 5.41) is 0.431. The van der Waals surface area contributed by atoms with E-state index < -0.39 is 23.8 Å². The van der Waals surface area contributed by atoms with Crippen LogP contribution < -0.4 is 5.73 Å². The van der Waals surface area contributed by atoms with Crippen molar-refractivity contribution in [3.8, 4) is 0 Å². The molecule has 2 atom stereocenters. The van der Waals surface area contributed by atoms with Gasteiger partial charge in [-0.25, -0.2) is 4.79 Å². The number of esters is 2. The molecular weight excluding hydrogens is 384 g/mol. The Kier molecular flexibility index (Phi) is 8.17. The van der Waals surface area contributed by atoms with Crippen LogP contribution in [0.15, 0.2) is 40.5 Å². The zero-order chi connectivity index (χ0) is 20.7. The summed E-state index contributed by atoms with van der Waals surface area (Å²) < 4.78 is 15.8. The number of hydrogen-bond acceptors (Lipinski definition) is 7. The van der Waals surface area contributed by atoms with Crippen LogP contribution in [0.3, 0.4) is 0 Å². The average Bonchev–Trinajstić information content (AvgIpc) is 2.67. The van der Waals surface area contributed by atoms with Crippen LogP contribution in [-0.4, -0.2) is 51.1 Å². The van der Waals surface area contributed by atoms with Crippen LogP contribution in [0.2, 0.25) is 5.02 Å². The number of rotatable bonds is 8. The van der Waals surface area contributed by atoms with E-state index in [1.807, 2.05) is 0 Å². The number of carbonyl (C=O) groups is 2. The molecule has 8 heteroatoms. The zero-order valence-electron chi connectivity index (χ0n) is 16.2. The third-order valence-electron chi connectivity index (χ3n) is 4.40. The van der Waals surface area contributed by atoms with Gasteiger partial charge in [-0.2, -0.15) is 0 Å². The molecule has 1 heterocycles. The van der Waals surface area contributed by atoms with Gasteiger partial charge in [-0.15, -0.1) is 0 Å². The number of hydrogen-bond donors (Lipinski definition) is 1. The minimum atomic E-state index is -0.799. The van der Waals surface area contributed by atoms with Crippen LogP contribution >= 0.6 is 11.6 Å². The van der Waals surface area contributed by atoms with Crippen molar-refractivity contribution in [2.24, 2.45) is 16.6 Å². The number of nitrogens with zero attached hydrogens (tertiary/aromatic N) is 1. The minimum Gasteiger partial charge on any atom is -0.466 e.